The molecule has 2 bridgehead atoms. The Morgan fingerprint density at radius 2 is 2.06 bits per heavy atom. The first kappa shape index (κ1) is 21.6. The van der Waals surface area contributed by atoms with Crippen molar-refractivity contribution in [2.45, 2.75) is 53.0 Å². The molecule has 2 heterocycles. The standard InChI is InChI=1S/C27H30BrN3OS/c1-15-4-6-16(7-5-15)14-31-24-20(10-18-11-22(28)33-25(18)24)23(30-31)26(32)29-13-17-8-9-19-12-21(17)27(19,2)3/h4-7,11,17,19,21H,8-10,12-14H2,1-3H3,(H,29,32). The van der Waals surface area contributed by atoms with Gasteiger partial charge in [-0.15, -0.1) is 11.3 Å². The van der Waals surface area contributed by atoms with Crippen LogP contribution >= 0.6 is 27.3 Å². The number of hydrogen-bond acceptors (Lipinski definition) is 3. The number of thiophene rings is 1. The first-order valence-electron chi connectivity index (χ1n) is 12.0. The number of amides is 1. The average Bonchev–Trinajstić information content (AvgIpc) is 3.43. The van der Waals surface area contributed by atoms with Crippen molar-refractivity contribution in [3.05, 3.63) is 62.1 Å². The molecule has 3 aromatic rings. The van der Waals surface area contributed by atoms with Gasteiger partial charge in [0.1, 0.15) is 0 Å². The SMILES string of the molecule is Cc1ccc(Cn2nc(C(=O)NCC3CCC4CC3C4(C)C)c3c2-c2sc(Br)cc2C3)cc1. The molecule has 6 heteroatoms. The topological polar surface area (TPSA) is 46.9 Å². The number of aromatic nitrogens is 2. The Labute approximate surface area is 207 Å². The second-order valence-electron chi connectivity index (χ2n) is 10.8. The molecule has 3 fully saturated rings. The summed E-state index contributed by atoms with van der Waals surface area (Å²) >= 11 is 5.38. The van der Waals surface area contributed by atoms with Crippen LogP contribution in [0.25, 0.3) is 10.6 Å². The molecule has 2 aromatic heterocycles. The molecule has 1 N–H and O–H groups in total. The average molecular weight is 525 g/mol. The Kier molecular flexibility index (Phi) is 5.11. The van der Waals surface area contributed by atoms with E-state index in [0.29, 0.717) is 23.6 Å². The molecule has 7 rings (SSSR count). The van der Waals surface area contributed by atoms with Crippen LogP contribution in [0.1, 0.15) is 65.9 Å². The number of nitrogens with one attached hydrogen (secondary N) is 1. The van der Waals surface area contributed by atoms with Gasteiger partial charge in [0.15, 0.2) is 5.69 Å². The van der Waals surface area contributed by atoms with Crippen LogP contribution in [0.5, 0.6) is 0 Å². The predicted octanol–water partition coefficient (Wildman–Crippen LogP) is 6.44. The lowest BCUT2D eigenvalue weighted by molar-refractivity contribution is -0.103. The Bertz CT molecular complexity index is 1240. The van der Waals surface area contributed by atoms with Gasteiger partial charge >= 0.3 is 0 Å². The number of hydrogen-bond donors (Lipinski definition) is 1. The molecule has 4 nitrogen and oxygen atoms in total. The maximum atomic E-state index is 13.4. The van der Waals surface area contributed by atoms with Gasteiger partial charge in [0.25, 0.3) is 5.91 Å². The predicted molar refractivity (Wildman–Crippen MR) is 137 cm³/mol. The molecule has 33 heavy (non-hydrogen) atoms. The molecule has 172 valence electrons. The van der Waals surface area contributed by atoms with Gasteiger partial charge in [0.2, 0.25) is 0 Å². The van der Waals surface area contributed by atoms with Crippen LogP contribution in [0, 0.1) is 30.1 Å². The van der Waals surface area contributed by atoms with Gasteiger partial charge < -0.3 is 5.32 Å². The van der Waals surface area contributed by atoms with Crippen molar-refractivity contribution in [2.75, 3.05) is 6.54 Å². The molecule has 3 saturated carbocycles. The van der Waals surface area contributed by atoms with E-state index in [0.717, 1.165) is 39.8 Å². The molecule has 0 aliphatic heterocycles. The maximum Gasteiger partial charge on any atom is 0.272 e. The fourth-order valence-corrected chi connectivity index (χ4v) is 8.26. The van der Waals surface area contributed by atoms with Crippen LogP contribution in [0.2, 0.25) is 0 Å². The molecule has 4 aliphatic rings. The summed E-state index contributed by atoms with van der Waals surface area (Å²) in [6, 6.07) is 10.8. The highest BCUT2D eigenvalue weighted by Gasteiger charge is 2.54. The van der Waals surface area contributed by atoms with E-state index < -0.39 is 0 Å². The van der Waals surface area contributed by atoms with Gasteiger partial charge in [-0.3, -0.25) is 9.48 Å². The normalized spacial score (nSPS) is 24.2. The lowest BCUT2D eigenvalue weighted by Crippen LogP contribution is -2.54. The van der Waals surface area contributed by atoms with Crippen LogP contribution in [0.4, 0.5) is 0 Å². The minimum absolute atomic E-state index is 0.0117. The van der Waals surface area contributed by atoms with Crippen LogP contribution < -0.4 is 5.32 Å². The molecule has 3 unspecified atom stereocenters. The van der Waals surface area contributed by atoms with Gasteiger partial charge in [0, 0.05) is 18.5 Å². The Morgan fingerprint density at radius 1 is 1.27 bits per heavy atom. The molecule has 1 amide bonds. The zero-order valence-electron chi connectivity index (χ0n) is 19.5. The quantitative estimate of drug-likeness (QED) is 0.327. The van der Waals surface area contributed by atoms with Crippen molar-refractivity contribution in [3.63, 3.8) is 0 Å². The van der Waals surface area contributed by atoms with Crippen molar-refractivity contribution in [2.24, 2.45) is 23.2 Å². The van der Waals surface area contributed by atoms with E-state index >= 15 is 0 Å². The number of fused-ring (bicyclic) bond motifs is 5. The van der Waals surface area contributed by atoms with Crippen molar-refractivity contribution < 1.29 is 4.79 Å². The second kappa shape index (κ2) is 7.81. The van der Waals surface area contributed by atoms with Crippen molar-refractivity contribution in [3.8, 4) is 10.6 Å². The van der Waals surface area contributed by atoms with E-state index in [1.54, 1.807) is 11.3 Å². The number of carbonyl (C=O) groups is 1. The highest BCUT2D eigenvalue weighted by atomic mass is 79.9. The fourth-order valence-electron chi connectivity index (χ4n) is 6.52. The van der Waals surface area contributed by atoms with Gasteiger partial charge in [-0.1, -0.05) is 43.7 Å². The zero-order valence-corrected chi connectivity index (χ0v) is 21.9. The summed E-state index contributed by atoms with van der Waals surface area (Å²) in [4.78, 5) is 14.6. The number of benzene rings is 1. The van der Waals surface area contributed by atoms with Gasteiger partial charge in [-0.05, 0) is 82.5 Å². The third kappa shape index (κ3) is 3.52. The second-order valence-corrected chi connectivity index (χ2v) is 13.2. The lowest BCUT2D eigenvalue weighted by Gasteiger charge is -2.60. The zero-order chi connectivity index (χ0) is 22.9. The minimum Gasteiger partial charge on any atom is -0.350 e. The first-order valence-corrected chi connectivity index (χ1v) is 13.6. The molecular weight excluding hydrogens is 494 g/mol. The molecule has 0 spiro atoms. The third-order valence-corrected chi connectivity index (χ3v) is 10.3. The smallest absolute Gasteiger partial charge is 0.272 e. The van der Waals surface area contributed by atoms with Crippen molar-refractivity contribution in [1.82, 2.24) is 15.1 Å². The van der Waals surface area contributed by atoms with E-state index in [1.165, 1.54) is 40.8 Å². The van der Waals surface area contributed by atoms with Crippen LogP contribution in [0.3, 0.4) is 0 Å². The number of carbonyl (C=O) groups excluding carboxylic acids is 1. The number of rotatable bonds is 5. The van der Waals surface area contributed by atoms with Crippen molar-refractivity contribution in [1.29, 1.82) is 0 Å². The fraction of sp³-hybridized carbons (Fsp3) is 0.481. The Morgan fingerprint density at radius 3 is 2.79 bits per heavy atom. The van der Waals surface area contributed by atoms with Crippen LogP contribution in [-0.2, 0) is 13.0 Å². The van der Waals surface area contributed by atoms with Crippen molar-refractivity contribution >= 4 is 33.2 Å². The summed E-state index contributed by atoms with van der Waals surface area (Å²) in [6.07, 6.45) is 4.66. The molecule has 1 aromatic carbocycles. The number of halogens is 1. The summed E-state index contributed by atoms with van der Waals surface area (Å²) in [6.45, 7) is 8.37. The van der Waals surface area contributed by atoms with E-state index in [1.807, 2.05) is 4.68 Å². The highest BCUT2D eigenvalue weighted by Crippen LogP contribution is 2.61. The highest BCUT2D eigenvalue weighted by molar-refractivity contribution is 9.11. The van der Waals surface area contributed by atoms with Gasteiger partial charge in [-0.25, -0.2) is 0 Å². The maximum absolute atomic E-state index is 13.4. The minimum atomic E-state index is -0.0117. The Hall–Kier alpha value is -1.92. The first-order chi connectivity index (χ1) is 15.8. The van der Waals surface area contributed by atoms with E-state index in [-0.39, 0.29) is 5.91 Å². The van der Waals surface area contributed by atoms with Crippen LogP contribution in [-0.4, -0.2) is 22.2 Å². The summed E-state index contributed by atoms with van der Waals surface area (Å²) in [5.41, 5.74) is 6.99. The van der Waals surface area contributed by atoms with E-state index in [9.17, 15) is 4.79 Å². The number of aryl methyl sites for hydroxylation is 1. The van der Waals surface area contributed by atoms with Gasteiger partial charge in [0.05, 0.1) is 20.9 Å². The molecular formula is C27H30BrN3OS. The summed E-state index contributed by atoms with van der Waals surface area (Å²) in [7, 11) is 0. The summed E-state index contributed by atoms with van der Waals surface area (Å²) < 4.78 is 3.18. The third-order valence-electron chi connectivity index (χ3n) is 8.61. The Balaban J connectivity index is 1.27. The monoisotopic (exact) mass is 523 g/mol. The molecule has 4 aliphatic carbocycles. The molecule has 0 radical (unpaired) electrons. The number of nitrogens with zero attached hydrogens (tertiary/aromatic N) is 2. The van der Waals surface area contributed by atoms with Gasteiger partial charge in [-0.2, -0.15) is 5.10 Å². The van der Waals surface area contributed by atoms with Crippen LogP contribution in [0.15, 0.2) is 34.1 Å². The van der Waals surface area contributed by atoms with E-state index in [2.05, 4.69) is 72.3 Å². The molecule has 3 atom stereocenters. The summed E-state index contributed by atoms with van der Waals surface area (Å²) in [5.74, 6) is 2.20. The summed E-state index contributed by atoms with van der Waals surface area (Å²) in [5, 5.41) is 8.16. The lowest BCUT2D eigenvalue weighted by atomic mass is 9.45. The largest absolute Gasteiger partial charge is 0.350 e. The molecule has 0 saturated heterocycles. The van der Waals surface area contributed by atoms with E-state index in [4.69, 9.17) is 5.10 Å².